The predicted octanol–water partition coefficient (Wildman–Crippen LogP) is 2.53. The number of hydrogen-bond donors (Lipinski definition) is 1. The third-order valence-corrected chi connectivity index (χ3v) is 3.05. The number of aromatic nitrogens is 2. The highest BCUT2D eigenvalue weighted by atomic mass is 19.1. The standard InChI is InChI=1S/C14H14FN3/c15-14-9-16-4-3-13(14)11-5-10(6-17-8-11)7-18-12-1-2-12/h3-6,8-9,12,18H,1-2,7H2. The van der Waals surface area contributed by atoms with Crippen LogP contribution < -0.4 is 5.32 Å². The first-order valence-corrected chi connectivity index (χ1v) is 6.10. The number of pyridine rings is 2. The summed E-state index contributed by atoms with van der Waals surface area (Å²) in [5.74, 6) is -0.313. The van der Waals surface area contributed by atoms with Gasteiger partial charge >= 0.3 is 0 Å². The van der Waals surface area contributed by atoms with Crippen molar-refractivity contribution in [3.8, 4) is 11.1 Å². The summed E-state index contributed by atoms with van der Waals surface area (Å²) in [6.07, 6.45) is 8.83. The van der Waals surface area contributed by atoms with Crippen molar-refractivity contribution in [1.29, 1.82) is 0 Å². The first-order valence-electron chi connectivity index (χ1n) is 6.10. The maximum atomic E-state index is 13.6. The van der Waals surface area contributed by atoms with Crippen LogP contribution in [0.4, 0.5) is 4.39 Å². The first-order chi connectivity index (χ1) is 8.83. The largest absolute Gasteiger partial charge is 0.310 e. The second-order valence-electron chi connectivity index (χ2n) is 4.59. The van der Waals surface area contributed by atoms with E-state index < -0.39 is 0 Å². The molecule has 3 rings (SSSR count). The molecule has 1 fully saturated rings. The molecule has 92 valence electrons. The van der Waals surface area contributed by atoms with E-state index in [2.05, 4.69) is 15.3 Å². The smallest absolute Gasteiger partial charge is 0.149 e. The Bertz CT molecular complexity index is 552. The fourth-order valence-corrected chi connectivity index (χ4v) is 1.89. The van der Waals surface area contributed by atoms with Gasteiger partial charge < -0.3 is 5.32 Å². The molecule has 1 N–H and O–H groups in total. The molecule has 0 atom stereocenters. The Morgan fingerprint density at radius 3 is 2.89 bits per heavy atom. The Hall–Kier alpha value is -1.81. The highest BCUT2D eigenvalue weighted by Gasteiger charge is 2.20. The van der Waals surface area contributed by atoms with Gasteiger partial charge in [0.05, 0.1) is 6.20 Å². The molecule has 2 aromatic rings. The molecule has 4 heteroatoms. The van der Waals surface area contributed by atoms with E-state index in [1.54, 1.807) is 18.5 Å². The van der Waals surface area contributed by atoms with Gasteiger partial charge in [-0.05, 0) is 30.5 Å². The van der Waals surface area contributed by atoms with Crippen LogP contribution in [0.15, 0.2) is 36.9 Å². The Labute approximate surface area is 105 Å². The first kappa shape index (κ1) is 11.3. The summed E-state index contributed by atoms with van der Waals surface area (Å²) in [6, 6.07) is 4.30. The zero-order valence-electron chi connectivity index (χ0n) is 9.94. The van der Waals surface area contributed by atoms with Gasteiger partial charge in [-0.3, -0.25) is 9.97 Å². The van der Waals surface area contributed by atoms with Gasteiger partial charge in [-0.15, -0.1) is 0 Å². The lowest BCUT2D eigenvalue weighted by Gasteiger charge is -2.06. The number of nitrogens with one attached hydrogen (secondary N) is 1. The Balaban J connectivity index is 1.83. The average molecular weight is 243 g/mol. The molecule has 1 saturated carbocycles. The second-order valence-corrected chi connectivity index (χ2v) is 4.59. The van der Waals surface area contributed by atoms with Crippen molar-refractivity contribution in [2.24, 2.45) is 0 Å². The molecule has 0 aromatic carbocycles. The number of halogens is 1. The van der Waals surface area contributed by atoms with Crippen molar-refractivity contribution in [3.05, 3.63) is 48.3 Å². The molecular weight excluding hydrogens is 229 g/mol. The van der Waals surface area contributed by atoms with Crippen molar-refractivity contribution in [1.82, 2.24) is 15.3 Å². The van der Waals surface area contributed by atoms with E-state index >= 15 is 0 Å². The normalized spacial score (nSPS) is 14.7. The predicted molar refractivity (Wildman–Crippen MR) is 67.3 cm³/mol. The summed E-state index contributed by atoms with van der Waals surface area (Å²) in [4.78, 5) is 7.93. The fourth-order valence-electron chi connectivity index (χ4n) is 1.89. The molecule has 0 unspecified atom stereocenters. The minimum Gasteiger partial charge on any atom is -0.310 e. The van der Waals surface area contributed by atoms with Crippen LogP contribution in [0.2, 0.25) is 0 Å². The third kappa shape index (κ3) is 2.54. The van der Waals surface area contributed by atoms with Gasteiger partial charge in [0.25, 0.3) is 0 Å². The zero-order valence-corrected chi connectivity index (χ0v) is 9.94. The van der Waals surface area contributed by atoms with Crippen molar-refractivity contribution in [3.63, 3.8) is 0 Å². The molecule has 1 aliphatic carbocycles. The molecule has 0 saturated heterocycles. The Morgan fingerprint density at radius 1 is 1.22 bits per heavy atom. The maximum absolute atomic E-state index is 13.6. The molecule has 3 nitrogen and oxygen atoms in total. The van der Waals surface area contributed by atoms with Gasteiger partial charge in [-0.2, -0.15) is 0 Å². The van der Waals surface area contributed by atoms with Crippen molar-refractivity contribution < 1.29 is 4.39 Å². The van der Waals surface area contributed by atoms with Gasteiger partial charge in [-0.25, -0.2) is 4.39 Å². The maximum Gasteiger partial charge on any atom is 0.149 e. The molecule has 0 bridgehead atoms. The Morgan fingerprint density at radius 2 is 2.11 bits per heavy atom. The minimum atomic E-state index is -0.313. The van der Waals surface area contributed by atoms with Crippen molar-refractivity contribution in [2.45, 2.75) is 25.4 Å². The van der Waals surface area contributed by atoms with Crippen LogP contribution in [0.3, 0.4) is 0 Å². The molecule has 18 heavy (non-hydrogen) atoms. The van der Waals surface area contributed by atoms with E-state index in [1.165, 1.54) is 19.0 Å². The molecule has 0 radical (unpaired) electrons. The van der Waals surface area contributed by atoms with E-state index in [0.29, 0.717) is 11.6 Å². The van der Waals surface area contributed by atoms with E-state index in [1.807, 2.05) is 12.3 Å². The molecular formula is C14H14FN3. The lowest BCUT2D eigenvalue weighted by molar-refractivity contribution is 0.625. The molecule has 2 aromatic heterocycles. The summed E-state index contributed by atoms with van der Waals surface area (Å²) >= 11 is 0. The minimum absolute atomic E-state index is 0.313. The van der Waals surface area contributed by atoms with Gasteiger partial charge in [0.15, 0.2) is 0 Å². The topological polar surface area (TPSA) is 37.8 Å². The number of hydrogen-bond acceptors (Lipinski definition) is 3. The lowest BCUT2D eigenvalue weighted by atomic mass is 10.1. The van der Waals surface area contributed by atoms with Gasteiger partial charge in [0.2, 0.25) is 0 Å². The summed E-state index contributed by atoms with van der Waals surface area (Å²) < 4.78 is 13.6. The zero-order chi connectivity index (χ0) is 12.4. The Kier molecular flexibility index (Phi) is 3.02. The van der Waals surface area contributed by atoms with Gasteiger partial charge in [0.1, 0.15) is 5.82 Å². The van der Waals surface area contributed by atoms with Crippen LogP contribution >= 0.6 is 0 Å². The lowest BCUT2D eigenvalue weighted by Crippen LogP contribution is -2.15. The van der Waals surface area contributed by atoms with E-state index in [9.17, 15) is 4.39 Å². The van der Waals surface area contributed by atoms with Crippen molar-refractivity contribution >= 4 is 0 Å². The van der Waals surface area contributed by atoms with Crippen LogP contribution in [0.1, 0.15) is 18.4 Å². The van der Waals surface area contributed by atoms with E-state index in [4.69, 9.17) is 0 Å². The van der Waals surface area contributed by atoms with E-state index in [0.717, 1.165) is 17.7 Å². The molecule has 0 aliphatic heterocycles. The van der Waals surface area contributed by atoms with Crippen molar-refractivity contribution in [2.75, 3.05) is 0 Å². The molecule has 0 spiro atoms. The van der Waals surface area contributed by atoms with Crippen LogP contribution in [0.25, 0.3) is 11.1 Å². The van der Waals surface area contributed by atoms with Crippen LogP contribution in [-0.2, 0) is 6.54 Å². The quantitative estimate of drug-likeness (QED) is 0.896. The third-order valence-electron chi connectivity index (χ3n) is 3.05. The van der Waals surface area contributed by atoms with Gasteiger partial charge in [0, 0.05) is 42.3 Å². The summed E-state index contributed by atoms with van der Waals surface area (Å²) in [6.45, 7) is 0.790. The van der Waals surface area contributed by atoms with Crippen LogP contribution in [-0.4, -0.2) is 16.0 Å². The molecule has 2 heterocycles. The summed E-state index contributed by atoms with van der Waals surface area (Å²) in [7, 11) is 0. The molecule has 1 aliphatic rings. The van der Waals surface area contributed by atoms with Crippen LogP contribution in [0, 0.1) is 5.82 Å². The highest BCUT2D eigenvalue weighted by Crippen LogP contribution is 2.23. The van der Waals surface area contributed by atoms with Crippen LogP contribution in [0.5, 0.6) is 0 Å². The number of nitrogens with zero attached hydrogens (tertiary/aromatic N) is 2. The SMILES string of the molecule is Fc1cnccc1-c1cncc(CNC2CC2)c1. The monoisotopic (exact) mass is 243 g/mol. The summed E-state index contributed by atoms with van der Waals surface area (Å²) in [5.41, 5.74) is 2.42. The summed E-state index contributed by atoms with van der Waals surface area (Å²) in [5, 5.41) is 3.42. The average Bonchev–Trinajstić information content (AvgIpc) is 3.21. The highest BCUT2D eigenvalue weighted by molar-refractivity contribution is 5.63. The van der Waals surface area contributed by atoms with Gasteiger partial charge in [-0.1, -0.05) is 0 Å². The number of rotatable bonds is 4. The molecule has 0 amide bonds. The fraction of sp³-hybridized carbons (Fsp3) is 0.286. The second kappa shape index (κ2) is 4.82. The van der Waals surface area contributed by atoms with E-state index in [-0.39, 0.29) is 5.82 Å².